The van der Waals surface area contributed by atoms with Crippen molar-refractivity contribution in [3.05, 3.63) is 0 Å². The van der Waals surface area contributed by atoms with Crippen LogP contribution in [0.4, 0.5) is 0 Å². The molecule has 0 saturated carbocycles. The summed E-state index contributed by atoms with van der Waals surface area (Å²) in [6.07, 6.45) is 4.72. The molecule has 1 N–H and O–H groups in total. The Morgan fingerprint density at radius 1 is 1.30 bits per heavy atom. The van der Waals surface area contributed by atoms with Gasteiger partial charge in [0.1, 0.15) is 0 Å². The molecule has 0 aromatic heterocycles. The van der Waals surface area contributed by atoms with Crippen LogP contribution < -0.4 is 0 Å². The van der Waals surface area contributed by atoms with Gasteiger partial charge in [-0.1, -0.05) is 0 Å². The lowest BCUT2D eigenvalue weighted by atomic mass is 9.96. The Balaban J connectivity index is 2.09. The second kappa shape index (κ2) is 2.15. The highest BCUT2D eigenvalue weighted by molar-refractivity contribution is 8.00. The van der Waals surface area contributed by atoms with Gasteiger partial charge in [0.2, 0.25) is 0 Å². The first-order valence-corrected chi connectivity index (χ1v) is 4.98. The molecule has 2 heterocycles. The van der Waals surface area contributed by atoms with Crippen molar-refractivity contribution in [3.8, 4) is 0 Å². The second-order valence-electron chi connectivity index (χ2n) is 3.86. The predicted octanol–water partition coefficient (Wildman–Crippen LogP) is 1.80. The van der Waals surface area contributed by atoms with E-state index in [1.54, 1.807) is 0 Å². The smallest absolute Gasteiger partial charge is 0.0640 e. The maximum atomic E-state index is 9.74. The lowest BCUT2D eigenvalue weighted by molar-refractivity contribution is 0.0433. The molecule has 0 unspecified atom stereocenters. The van der Waals surface area contributed by atoms with E-state index in [0.717, 1.165) is 23.3 Å². The number of hydrogen-bond donors (Lipinski definition) is 1. The van der Waals surface area contributed by atoms with Gasteiger partial charge < -0.3 is 5.11 Å². The first-order valence-electron chi connectivity index (χ1n) is 4.04. The largest absolute Gasteiger partial charge is 0.390 e. The Hall–Kier alpha value is 0.310. The van der Waals surface area contributed by atoms with Crippen LogP contribution in [-0.2, 0) is 0 Å². The van der Waals surface area contributed by atoms with Gasteiger partial charge in [0.05, 0.1) is 5.60 Å². The van der Waals surface area contributed by atoms with Gasteiger partial charge in [-0.2, -0.15) is 11.8 Å². The van der Waals surface area contributed by atoms with Gasteiger partial charge in [0, 0.05) is 10.5 Å². The van der Waals surface area contributed by atoms with Crippen LogP contribution in [-0.4, -0.2) is 21.2 Å². The molecule has 2 aliphatic rings. The zero-order valence-electron chi connectivity index (χ0n) is 6.34. The summed E-state index contributed by atoms with van der Waals surface area (Å²) in [5.74, 6) is 0. The fourth-order valence-electron chi connectivity index (χ4n) is 2.14. The SMILES string of the molecule is C[C@@]1(O)C[C@H]2CC[C@@H](C1)S2. The molecule has 2 heteroatoms. The third-order valence-corrected chi connectivity index (χ3v) is 4.10. The van der Waals surface area contributed by atoms with Crippen LogP contribution in [0.1, 0.15) is 32.6 Å². The molecule has 0 aromatic carbocycles. The third kappa shape index (κ3) is 1.19. The lowest BCUT2D eigenvalue weighted by Gasteiger charge is -2.32. The van der Waals surface area contributed by atoms with Crippen molar-refractivity contribution < 1.29 is 5.11 Å². The first kappa shape index (κ1) is 6.99. The quantitative estimate of drug-likeness (QED) is 0.580. The van der Waals surface area contributed by atoms with Crippen LogP contribution in [0, 0.1) is 0 Å². The highest BCUT2D eigenvalue weighted by Gasteiger charge is 2.40. The molecule has 2 rings (SSSR count). The molecule has 0 spiro atoms. The van der Waals surface area contributed by atoms with Crippen LogP contribution in [0.25, 0.3) is 0 Å². The van der Waals surface area contributed by atoms with Crippen LogP contribution >= 0.6 is 11.8 Å². The summed E-state index contributed by atoms with van der Waals surface area (Å²) in [6.45, 7) is 1.98. The molecule has 0 aromatic rings. The third-order valence-electron chi connectivity index (χ3n) is 2.53. The summed E-state index contributed by atoms with van der Waals surface area (Å²) in [5.41, 5.74) is -0.336. The van der Waals surface area contributed by atoms with Crippen LogP contribution in [0.5, 0.6) is 0 Å². The maximum Gasteiger partial charge on any atom is 0.0640 e. The van der Waals surface area contributed by atoms with Gasteiger partial charge >= 0.3 is 0 Å². The molecule has 0 amide bonds. The molecule has 10 heavy (non-hydrogen) atoms. The van der Waals surface area contributed by atoms with E-state index in [4.69, 9.17) is 0 Å². The van der Waals surface area contributed by atoms with Crippen molar-refractivity contribution in [2.24, 2.45) is 0 Å². The van der Waals surface area contributed by atoms with Gasteiger partial charge in [-0.05, 0) is 32.6 Å². The van der Waals surface area contributed by atoms with Gasteiger partial charge in [0.15, 0.2) is 0 Å². The molecule has 2 saturated heterocycles. The Morgan fingerprint density at radius 3 is 2.30 bits per heavy atom. The van der Waals surface area contributed by atoms with Crippen molar-refractivity contribution in [2.45, 2.75) is 48.7 Å². The molecule has 1 nitrogen and oxygen atoms in total. The maximum absolute atomic E-state index is 9.74. The van der Waals surface area contributed by atoms with Gasteiger partial charge in [-0.25, -0.2) is 0 Å². The van der Waals surface area contributed by atoms with Crippen molar-refractivity contribution in [2.75, 3.05) is 0 Å². The number of rotatable bonds is 0. The van der Waals surface area contributed by atoms with E-state index in [2.05, 4.69) is 11.8 Å². The molecule has 0 radical (unpaired) electrons. The van der Waals surface area contributed by atoms with Gasteiger partial charge in [0.25, 0.3) is 0 Å². The van der Waals surface area contributed by atoms with Crippen molar-refractivity contribution in [3.63, 3.8) is 0 Å². The highest BCUT2D eigenvalue weighted by atomic mass is 32.2. The Bertz CT molecular complexity index is 130. The summed E-state index contributed by atoms with van der Waals surface area (Å²) in [7, 11) is 0. The van der Waals surface area contributed by atoms with E-state index in [1.165, 1.54) is 12.8 Å². The normalized spacial score (nSPS) is 53.4. The molecule has 2 bridgehead atoms. The van der Waals surface area contributed by atoms with Gasteiger partial charge in [-0.15, -0.1) is 0 Å². The molecular formula is C8H14OS. The summed E-state index contributed by atoms with van der Waals surface area (Å²) in [5, 5.41) is 11.3. The minimum absolute atomic E-state index is 0.336. The topological polar surface area (TPSA) is 20.2 Å². The van der Waals surface area contributed by atoms with E-state index in [1.807, 2.05) is 6.92 Å². The number of thioether (sulfide) groups is 1. The molecule has 58 valence electrons. The van der Waals surface area contributed by atoms with E-state index in [9.17, 15) is 5.11 Å². The van der Waals surface area contributed by atoms with Crippen molar-refractivity contribution in [1.29, 1.82) is 0 Å². The number of fused-ring (bicyclic) bond motifs is 2. The van der Waals surface area contributed by atoms with E-state index in [0.29, 0.717) is 0 Å². The highest BCUT2D eigenvalue weighted by Crippen LogP contribution is 2.47. The summed E-state index contributed by atoms with van der Waals surface area (Å²) in [6, 6.07) is 0. The Morgan fingerprint density at radius 2 is 1.80 bits per heavy atom. The number of hydrogen-bond acceptors (Lipinski definition) is 2. The van der Waals surface area contributed by atoms with Gasteiger partial charge in [-0.3, -0.25) is 0 Å². The van der Waals surface area contributed by atoms with E-state index in [-0.39, 0.29) is 5.60 Å². The Labute approximate surface area is 66.2 Å². The molecule has 2 aliphatic heterocycles. The minimum Gasteiger partial charge on any atom is -0.390 e. The lowest BCUT2D eigenvalue weighted by Crippen LogP contribution is -2.33. The average molecular weight is 158 g/mol. The summed E-state index contributed by atoms with van der Waals surface area (Å²) < 4.78 is 0. The zero-order valence-corrected chi connectivity index (χ0v) is 7.16. The number of aliphatic hydroxyl groups is 1. The van der Waals surface area contributed by atoms with Crippen molar-refractivity contribution in [1.82, 2.24) is 0 Å². The second-order valence-corrected chi connectivity index (χ2v) is 5.47. The van der Waals surface area contributed by atoms with E-state index >= 15 is 0 Å². The summed E-state index contributed by atoms with van der Waals surface area (Å²) >= 11 is 2.09. The standard InChI is InChI=1S/C8H14OS/c1-8(9)4-6-2-3-7(5-8)10-6/h6-7,9H,2-5H2,1H3/t6-,7+,8-. The van der Waals surface area contributed by atoms with Crippen molar-refractivity contribution >= 4 is 11.8 Å². The molecular weight excluding hydrogens is 144 g/mol. The van der Waals surface area contributed by atoms with E-state index < -0.39 is 0 Å². The molecule has 3 atom stereocenters. The first-order chi connectivity index (χ1) is 4.66. The fourth-order valence-corrected chi connectivity index (χ4v) is 4.14. The van der Waals surface area contributed by atoms with Crippen LogP contribution in [0.2, 0.25) is 0 Å². The minimum atomic E-state index is -0.336. The fraction of sp³-hybridized carbons (Fsp3) is 1.00. The monoisotopic (exact) mass is 158 g/mol. The molecule has 2 fully saturated rings. The molecule has 0 aliphatic carbocycles. The zero-order chi connectivity index (χ0) is 7.19. The van der Waals surface area contributed by atoms with Crippen LogP contribution in [0.15, 0.2) is 0 Å². The Kier molecular flexibility index (Phi) is 1.50. The summed E-state index contributed by atoms with van der Waals surface area (Å²) in [4.78, 5) is 0. The van der Waals surface area contributed by atoms with Crippen LogP contribution in [0.3, 0.4) is 0 Å². The predicted molar refractivity (Wildman–Crippen MR) is 44.3 cm³/mol. The average Bonchev–Trinajstić information content (AvgIpc) is 2.08.